The Balaban J connectivity index is 1.59. The number of thiocarbonyl (C=S) groups is 1. The van der Waals surface area contributed by atoms with Crippen molar-refractivity contribution in [3.05, 3.63) is 91.0 Å². The molecule has 1 aliphatic rings. The Morgan fingerprint density at radius 1 is 1.00 bits per heavy atom. The van der Waals surface area contributed by atoms with Crippen LogP contribution in [0.15, 0.2) is 66.2 Å². The fourth-order valence-electron chi connectivity index (χ4n) is 3.32. The lowest BCUT2D eigenvalue weighted by molar-refractivity contribution is -0.122. The molecule has 0 bridgehead atoms. The first-order valence-corrected chi connectivity index (χ1v) is 12.4. The average Bonchev–Trinajstić information content (AvgIpc) is 2.83. The van der Waals surface area contributed by atoms with E-state index in [1.807, 2.05) is 24.3 Å². The maximum Gasteiger partial charge on any atom is 0.270 e. The first kappa shape index (κ1) is 25.4. The minimum Gasteiger partial charge on any atom is -0.493 e. The smallest absolute Gasteiger partial charge is 0.270 e. The number of anilines is 1. The SMILES string of the molecule is COc1cc(/C=C2\C(=O)NC(=S)N(c3ccc(Cl)c(Cl)c3)C2=O)ccc1OCc1ccc(I)cc1. The fourth-order valence-corrected chi connectivity index (χ4v) is 4.25. The van der Waals surface area contributed by atoms with Gasteiger partial charge in [0, 0.05) is 3.57 Å². The second-order valence-corrected chi connectivity index (χ2v) is 9.83. The van der Waals surface area contributed by atoms with E-state index >= 15 is 0 Å². The summed E-state index contributed by atoms with van der Waals surface area (Å²) in [6, 6.07) is 17.8. The Hall–Kier alpha value is -2.66. The number of benzene rings is 3. The molecule has 6 nitrogen and oxygen atoms in total. The van der Waals surface area contributed by atoms with Crippen molar-refractivity contribution in [2.45, 2.75) is 6.61 Å². The summed E-state index contributed by atoms with van der Waals surface area (Å²) in [5.74, 6) is -0.193. The first-order chi connectivity index (χ1) is 16.8. The van der Waals surface area contributed by atoms with Crippen molar-refractivity contribution in [1.82, 2.24) is 5.32 Å². The van der Waals surface area contributed by atoms with E-state index in [1.165, 1.54) is 24.2 Å². The summed E-state index contributed by atoms with van der Waals surface area (Å²) in [4.78, 5) is 27.0. The summed E-state index contributed by atoms with van der Waals surface area (Å²) in [6.07, 6.45) is 1.47. The minimum atomic E-state index is -0.602. The Bertz CT molecular complexity index is 1360. The van der Waals surface area contributed by atoms with E-state index in [1.54, 1.807) is 30.3 Å². The van der Waals surface area contributed by atoms with Gasteiger partial charge in [-0.05, 0) is 94.5 Å². The van der Waals surface area contributed by atoms with Gasteiger partial charge in [0.2, 0.25) is 0 Å². The van der Waals surface area contributed by atoms with E-state index in [2.05, 4.69) is 27.9 Å². The van der Waals surface area contributed by atoms with Gasteiger partial charge >= 0.3 is 0 Å². The molecule has 0 unspecified atom stereocenters. The third kappa shape index (κ3) is 5.78. The molecule has 4 rings (SSSR count). The number of ether oxygens (including phenoxy) is 2. The molecule has 0 aromatic heterocycles. The van der Waals surface area contributed by atoms with Crippen LogP contribution in [-0.2, 0) is 16.2 Å². The van der Waals surface area contributed by atoms with Crippen molar-refractivity contribution in [2.24, 2.45) is 0 Å². The van der Waals surface area contributed by atoms with Crippen LogP contribution in [0.3, 0.4) is 0 Å². The predicted molar refractivity (Wildman–Crippen MR) is 149 cm³/mol. The van der Waals surface area contributed by atoms with Gasteiger partial charge in [0.1, 0.15) is 12.2 Å². The van der Waals surface area contributed by atoms with Crippen LogP contribution in [0, 0.1) is 3.57 Å². The van der Waals surface area contributed by atoms with Crippen molar-refractivity contribution in [3.63, 3.8) is 0 Å². The Kier molecular flexibility index (Phi) is 7.95. The molecule has 178 valence electrons. The number of methoxy groups -OCH3 is 1. The minimum absolute atomic E-state index is 0.0486. The molecule has 1 fully saturated rings. The zero-order valence-corrected chi connectivity index (χ0v) is 22.7. The fraction of sp³-hybridized carbons (Fsp3) is 0.0800. The molecule has 0 atom stereocenters. The zero-order valence-electron chi connectivity index (χ0n) is 18.2. The molecule has 0 radical (unpaired) electrons. The quantitative estimate of drug-likeness (QED) is 0.155. The molecule has 35 heavy (non-hydrogen) atoms. The first-order valence-electron chi connectivity index (χ1n) is 10.2. The highest BCUT2D eigenvalue weighted by molar-refractivity contribution is 14.1. The predicted octanol–water partition coefficient (Wildman–Crippen LogP) is 6.02. The van der Waals surface area contributed by atoms with E-state index in [9.17, 15) is 9.59 Å². The van der Waals surface area contributed by atoms with Gasteiger partial charge in [-0.2, -0.15) is 0 Å². The maximum atomic E-state index is 13.2. The Labute approximate surface area is 230 Å². The van der Waals surface area contributed by atoms with Gasteiger partial charge < -0.3 is 9.47 Å². The van der Waals surface area contributed by atoms with E-state index in [-0.39, 0.29) is 15.7 Å². The molecule has 3 aromatic carbocycles. The van der Waals surface area contributed by atoms with Crippen LogP contribution in [0.5, 0.6) is 11.5 Å². The molecular weight excluding hydrogens is 622 g/mol. The van der Waals surface area contributed by atoms with Crippen molar-refractivity contribution >= 4 is 86.7 Å². The summed E-state index contributed by atoms with van der Waals surface area (Å²) in [5, 5.41) is 3.09. The number of hydrogen-bond acceptors (Lipinski definition) is 5. The van der Waals surface area contributed by atoms with Crippen molar-refractivity contribution in [2.75, 3.05) is 12.0 Å². The third-order valence-corrected chi connectivity index (χ3v) is 6.81. The molecule has 0 spiro atoms. The molecule has 10 heteroatoms. The van der Waals surface area contributed by atoms with Gasteiger partial charge in [0.15, 0.2) is 16.6 Å². The van der Waals surface area contributed by atoms with Crippen LogP contribution in [0.4, 0.5) is 5.69 Å². The van der Waals surface area contributed by atoms with E-state index in [0.717, 1.165) is 9.13 Å². The van der Waals surface area contributed by atoms with E-state index in [4.69, 9.17) is 44.9 Å². The highest BCUT2D eigenvalue weighted by atomic mass is 127. The summed E-state index contributed by atoms with van der Waals surface area (Å²) in [7, 11) is 1.52. The van der Waals surface area contributed by atoms with Crippen LogP contribution in [0.1, 0.15) is 11.1 Å². The number of halogens is 3. The number of rotatable bonds is 6. The van der Waals surface area contributed by atoms with E-state index in [0.29, 0.717) is 34.4 Å². The lowest BCUT2D eigenvalue weighted by Gasteiger charge is -2.29. The van der Waals surface area contributed by atoms with Crippen molar-refractivity contribution in [3.8, 4) is 11.5 Å². The monoisotopic (exact) mass is 638 g/mol. The summed E-state index contributed by atoms with van der Waals surface area (Å²) < 4.78 is 12.5. The topological polar surface area (TPSA) is 67.9 Å². The van der Waals surface area contributed by atoms with Crippen LogP contribution >= 0.6 is 58.0 Å². The summed E-state index contributed by atoms with van der Waals surface area (Å²) >= 11 is 19.6. The molecule has 0 aliphatic carbocycles. The molecule has 1 saturated heterocycles. The molecular formula is C25H17Cl2IN2O4S. The van der Waals surface area contributed by atoms with Crippen LogP contribution in [-0.4, -0.2) is 24.0 Å². The van der Waals surface area contributed by atoms with Gasteiger partial charge in [-0.1, -0.05) is 41.4 Å². The normalized spacial score (nSPS) is 14.8. The number of nitrogens with one attached hydrogen (secondary N) is 1. The van der Waals surface area contributed by atoms with Gasteiger partial charge in [0.25, 0.3) is 11.8 Å². The highest BCUT2D eigenvalue weighted by Crippen LogP contribution is 2.32. The summed E-state index contributed by atoms with van der Waals surface area (Å²) in [6.45, 7) is 0.366. The second-order valence-electron chi connectivity index (χ2n) is 7.38. The maximum absolute atomic E-state index is 13.2. The van der Waals surface area contributed by atoms with Crippen molar-refractivity contribution < 1.29 is 19.1 Å². The standard InChI is InChI=1S/C25H17Cl2IN2O4S/c1-33-22-11-15(4-9-21(22)34-13-14-2-5-16(28)6-3-14)10-18-23(31)29-25(35)30(24(18)32)17-7-8-19(26)20(27)12-17/h2-12H,13H2,1H3,(H,29,31,35)/b18-10+. The molecule has 2 amide bonds. The number of nitrogens with zero attached hydrogens (tertiary/aromatic N) is 1. The van der Waals surface area contributed by atoms with Gasteiger partial charge in [-0.3, -0.25) is 19.8 Å². The van der Waals surface area contributed by atoms with Gasteiger partial charge in [0.05, 0.1) is 22.8 Å². The Morgan fingerprint density at radius 3 is 2.43 bits per heavy atom. The molecule has 1 heterocycles. The second kappa shape index (κ2) is 10.9. The van der Waals surface area contributed by atoms with Crippen molar-refractivity contribution in [1.29, 1.82) is 0 Å². The molecule has 0 saturated carbocycles. The number of carbonyl (C=O) groups is 2. The lowest BCUT2D eigenvalue weighted by atomic mass is 10.1. The number of hydrogen-bond donors (Lipinski definition) is 1. The van der Waals surface area contributed by atoms with Crippen LogP contribution in [0.25, 0.3) is 6.08 Å². The number of amides is 2. The van der Waals surface area contributed by atoms with Crippen LogP contribution in [0.2, 0.25) is 10.0 Å². The van der Waals surface area contributed by atoms with Gasteiger partial charge in [-0.15, -0.1) is 0 Å². The van der Waals surface area contributed by atoms with Crippen LogP contribution < -0.4 is 19.7 Å². The molecule has 1 aliphatic heterocycles. The Morgan fingerprint density at radius 2 is 1.74 bits per heavy atom. The molecule has 3 aromatic rings. The largest absolute Gasteiger partial charge is 0.493 e. The number of carbonyl (C=O) groups excluding carboxylic acids is 2. The van der Waals surface area contributed by atoms with Gasteiger partial charge in [-0.25, -0.2) is 0 Å². The zero-order chi connectivity index (χ0) is 25.1. The third-order valence-electron chi connectivity index (χ3n) is 5.07. The highest BCUT2D eigenvalue weighted by Gasteiger charge is 2.34. The average molecular weight is 639 g/mol. The molecule has 1 N–H and O–H groups in total. The lowest BCUT2D eigenvalue weighted by Crippen LogP contribution is -2.54. The summed E-state index contributed by atoms with van der Waals surface area (Å²) in [5.41, 5.74) is 1.88. The van der Waals surface area contributed by atoms with E-state index < -0.39 is 11.8 Å².